The van der Waals surface area contributed by atoms with E-state index in [9.17, 15) is 15.0 Å². The van der Waals surface area contributed by atoms with Crippen molar-refractivity contribution in [2.75, 3.05) is 33.4 Å². The standard InChI is InChI=1S/C13H25NO6/c1-3-4-14(2)5-6-19-13-12(18)9(7-15)11(17)10(8-16)20-13/h7,9-13,16-18H,3-6,8H2,1-2H3/t9-,10+,11-,12+,13+/m0/s1. The molecule has 0 radical (unpaired) electrons. The monoisotopic (exact) mass is 291 g/mol. The number of carbonyl (C=O) groups excluding carboxylic acids is 1. The Morgan fingerprint density at radius 2 is 2.00 bits per heavy atom. The Hall–Kier alpha value is -0.570. The highest BCUT2D eigenvalue weighted by Gasteiger charge is 2.44. The number of aldehydes is 1. The molecule has 5 atom stereocenters. The third-order valence-corrected chi connectivity index (χ3v) is 3.45. The van der Waals surface area contributed by atoms with E-state index in [1.54, 1.807) is 0 Å². The molecule has 0 bridgehead atoms. The maximum absolute atomic E-state index is 10.9. The van der Waals surface area contributed by atoms with Gasteiger partial charge in [0.2, 0.25) is 0 Å². The van der Waals surface area contributed by atoms with Crippen molar-refractivity contribution in [2.24, 2.45) is 5.92 Å². The van der Waals surface area contributed by atoms with E-state index in [-0.39, 0.29) is 0 Å². The molecule has 1 aliphatic rings. The summed E-state index contributed by atoms with van der Waals surface area (Å²) in [4.78, 5) is 13.0. The van der Waals surface area contributed by atoms with Crippen molar-refractivity contribution >= 4 is 6.29 Å². The molecule has 3 N–H and O–H groups in total. The van der Waals surface area contributed by atoms with Crippen LogP contribution in [0.2, 0.25) is 0 Å². The summed E-state index contributed by atoms with van der Waals surface area (Å²) in [6.45, 7) is 3.57. The molecule has 118 valence electrons. The van der Waals surface area contributed by atoms with Crippen LogP contribution in [0.25, 0.3) is 0 Å². The van der Waals surface area contributed by atoms with Crippen LogP contribution in [0.1, 0.15) is 13.3 Å². The van der Waals surface area contributed by atoms with Gasteiger partial charge in [-0.1, -0.05) is 6.92 Å². The molecule has 1 heterocycles. The molecule has 0 spiro atoms. The summed E-state index contributed by atoms with van der Waals surface area (Å²) in [5.74, 6) is -1.01. The van der Waals surface area contributed by atoms with Crippen LogP contribution < -0.4 is 0 Å². The van der Waals surface area contributed by atoms with Gasteiger partial charge in [-0.3, -0.25) is 0 Å². The van der Waals surface area contributed by atoms with Gasteiger partial charge in [0.1, 0.15) is 18.5 Å². The van der Waals surface area contributed by atoms with Gasteiger partial charge in [0.05, 0.1) is 25.2 Å². The molecule has 0 aromatic rings. The Labute approximate surface area is 119 Å². The van der Waals surface area contributed by atoms with E-state index in [1.807, 2.05) is 7.05 Å². The fraction of sp³-hybridized carbons (Fsp3) is 0.923. The zero-order valence-corrected chi connectivity index (χ0v) is 12.0. The largest absolute Gasteiger partial charge is 0.394 e. The maximum atomic E-state index is 10.9. The van der Waals surface area contributed by atoms with E-state index in [1.165, 1.54) is 0 Å². The van der Waals surface area contributed by atoms with E-state index < -0.39 is 37.1 Å². The smallest absolute Gasteiger partial charge is 0.184 e. The molecule has 1 aliphatic heterocycles. The highest BCUT2D eigenvalue weighted by atomic mass is 16.7. The third kappa shape index (κ3) is 4.47. The fourth-order valence-electron chi connectivity index (χ4n) is 2.23. The lowest BCUT2D eigenvalue weighted by molar-refractivity contribution is -0.284. The van der Waals surface area contributed by atoms with Gasteiger partial charge in [0.15, 0.2) is 6.29 Å². The normalized spacial score (nSPS) is 34.4. The Balaban J connectivity index is 2.49. The predicted octanol–water partition coefficient (Wildman–Crippen LogP) is -1.40. The molecule has 7 nitrogen and oxygen atoms in total. The summed E-state index contributed by atoms with van der Waals surface area (Å²) >= 11 is 0. The molecule has 1 saturated heterocycles. The molecular formula is C13H25NO6. The van der Waals surface area contributed by atoms with Crippen molar-refractivity contribution in [3.05, 3.63) is 0 Å². The molecule has 0 saturated carbocycles. The Morgan fingerprint density at radius 1 is 1.30 bits per heavy atom. The molecule has 0 aromatic heterocycles. The lowest BCUT2D eigenvalue weighted by atomic mass is 9.90. The molecule has 0 aromatic carbocycles. The van der Waals surface area contributed by atoms with E-state index in [0.717, 1.165) is 13.0 Å². The van der Waals surface area contributed by atoms with Gasteiger partial charge in [0.25, 0.3) is 0 Å². The summed E-state index contributed by atoms with van der Waals surface area (Å²) in [5, 5.41) is 28.8. The summed E-state index contributed by atoms with van der Waals surface area (Å²) < 4.78 is 10.7. The van der Waals surface area contributed by atoms with Crippen LogP contribution in [0.4, 0.5) is 0 Å². The Bertz CT molecular complexity index is 290. The summed E-state index contributed by atoms with van der Waals surface area (Å²) in [6, 6.07) is 0. The number of rotatable bonds is 8. The zero-order valence-electron chi connectivity index (χ0n) is 12.0. The summed E-state index contributed by atoms with van der Waals surface area (Å²) in [6.07, 6.45) is -2.89. The minimum atomic E-state index is -1.23. The van der Waals surface area contributed by atoms with Crippen LogP contribution in [-0.4, -0.2) is 84.5 Å². The minimum absolute atomic E-state index is 0.331. The van der Waals surface area contributed by atoms with Crippen molar-refractivity contribution in [3.63, 3.8) is 0 Å². The first-order valence-electron chi connectivity index (χ1n) is 6.93. The number of aliphatic hydroxyl groups is 3. The summed E-state index contributed by atoms with van der Waals surface area (Å²) in [5.41, 5.74) is 0. The summed E-state index contributed by atoms with van der Waals surface area (Å²) in [7, 11) is 1.96. The molecule has 0 amide bonds. The molecule has 7 heteroatoms. The number of carbonyl (C=O) groups is 1. The number of hydrogen-bond donors (Lipinski definition) is 3. The molecular weight excluding hydrogens is 266 g/mol. The third-order valence-electron chi connectivity index (χ3n) is 3.45. The first-order valence-corrected chi connectivity index (χ1v) is 6.93. The van der Waals surface area contributed by atoms with Crippen LogP contribution >= 0.6 is 0 Å². The lowest BCUT2D eigenvalue weighted by Gasteiger charge is -2.39. The van der Waals surface area contributed by atoms with Crippen molar-refractivity contribution < 1.29 is 29.6 Å². The van der Waals surface area contributed by atoms with Gasteiger partial charge in [-0.25, -0.2) is 0 Å². The average molecular weight is 291 g/mol. The van der Waals surface area contributed by atoms with Gasteiger partial charge < -0.3 is 34.5 Å². The van der Waals surface area contributed by atoms with Crippen molar-refractivity contribution in [1.82, 2.24) is 4.90 Å². The van der Waals surface area contributed by atoms with Gasteiger partial charge >= 0.3 is 0 Å². The molecule has 0 aliphatic carbocycles. The number of likely N-dealkylation sites (N-methyl/N-ethyl adjacent to an activating group) is 1. The quantitative estimate of drug-likeness (QED) is 0.473. The number of hydrogen-bond acceptors (Lipinski definition) is 7. The van der Waals surface area contributed by atoms with Crippen LogP contribution in [0.15, 0.2) is 0 Å². The van der Waals surface area contributed by atoms with Crippen LogP contribution in [0, 0.1) is 5.92 Å². The second kappa shape index (κ2) is 8.66. The minimum Gasteiger partial charge on any atom is -0.394 e. The zero-order chi connectivity index (χ0) is 15.1. The SMILES string of the molecule is CCCN(C)CCO[C@@H]1O[C@H](CO)[C@@H](O)[C@H](C=O)[C@H]1O. The number of ether oxygens (including phenoxy) is 2. The highest BCUT2D eigenvalue weighted by Crippen LogP contribution is 2.25. The first kappa shape index (κ1) is 17.5. The topological polar surface area (TPSA) is 99.5 Å². The second-order valence-electron chi connectivity index (χ2n) is 5.09. The molecule has 0 unspecified atom stereocenters. The lowest BCUT2D eigenvalue weighted by Crippen LogP contribution is -2.56. The predicted molar refractivity (Wildman–Crippen MR) is 71.1 cm³/mol. The van der Waals surface area contributed by atoms with E-state index in [0.29, 0.717) is 19.4 Å². The van der Waals surface area contributed by atoms with Crippen molar-refractivity contribution in [3.8, 4) is 0 Å². The highest BCUT2D eigenvalue weighted by molar-refractivity contribution is 5.56. The van der Waals surface area contributed by atoms with Crippen LogP contribution in [0.5, 0.6) is 0 Å². The van der Waals surface area contributed by atoms with Crippen molar-refractivity contribution in [1.29, 1.82) is 0 Å². The second-order valence-corrected chi connectivity index (χ2v) is 5.09. The van der Waals surface area contributed by atoms with Gasteiger partial charge in [-0.2, -0.15) is 0 Å². The maximum Gasteiger partial charge on any atom is 0.184 e. The Kier molecular flexibility index (Phi) is 7.57. The number of nitrogens with zero attached hydrogens (tertiary/aromatic N) is 1. The van der Waals surface area contributed by atoms with E-state index >= 15 is 0 Å². The van der Waals surface area contributed by atoms with Crippen LogP contribution in [0.3, 0.4) is 0 Å². The fourth-order valence-corrected chi connectivity index (χ4v) is 2.23. The number of aliphatic hydroxyl groups excluding tert-OH is 3. The van der Waals surface area contributed by atoms with Crippen molar-refractivity contribution in [2.45, 2.75) is 37.9 Å². The average Bonchev–Trinajstić information content (AvgIpc) is 2.42. The van der Waals surface area contributed by atoms with E-state index in [2.05, 4.69) is 11.8 Å². The van der Waals surface area contributed by atoms with Crippen LogP contribution in [-0.2, 0) is 14.3 Å². The Morgan fingerprint density at radius 3 is 2.55 bits per heavy atom. The molecule has 20 heavy (non-hydrogen) atoms. The van der Waals surface area contributed by atoms with Gasteiger partial charge in [0, 0.05) is 6.54 Å². The molecule has 1 fully saturated rings. The van der Waals surface area contributed by atoms with Gasteiger partial charge in [-0.05, 0) is 20.0 Å². The first-order chi connectivity index (χ1) is 9.54. The van der Waals surface area contributed by atoms with E-state index in [4.69, 9.17) is 14.6 Å². The molecule has 1 rings (SSSR count). The van der Waals surface area contributed by atoms with Gasteiger partial charge in [-0.15, -0.1) is 0 Å².